The van der Waals surface area contributed by atoms with Gasteiger partial charge in [-0.05, 0) is 42.4 Å². The van der Waals surface area contributed by atoms with E-state index >= 15 is 0 Å². The Morgan fingerprint density at radius 2 is 1.53 bits per heavy atom. The lowest BCUT2D eigenvalue weighted by atomic mass is 9.96. The average Bonchev–Trinajstić information content (AvgIpc) is 3.78. The van der Waals surface area contributed by atoms with Crippen LogP contribution >= 0.6 is 0 Å². The third-order valence-electron chi connectivity index (χ3n) is 10.7. The number of carbonyl (C=O) groups excluding carboxylic acids is 4. The first kappa shape index (κ1) is 41.4. The SMILES string of the molecule is NCc1ccc(CNC(=O)N2CCN(C(=O)O[C@@H]3CCO[C@H](COC(=O)N4CCC(C(=O)NCCCCn5ccnc5)CC4)[C@H]3OCc3ccccc3)CC2)cc1. The number of piperidine rings is 1. The number of nitrogens with two attached hydrogens (primary N) is 1. The Morgan fingerprint density at radius 3 is 2.25 bits per heavy atom. The van der Waals surface area contributed by atoms with Crippen molar-refractivity contribution in [2.45, 2.75) is 76.7 Å². The third kappa shape index (κ3) is 12.4. The summed E-state index contributed by atoms with van der Waals surface area (Å²) < 4.78 is 26.3. The first-order valence-corrected chi connectivity index (χ1v) is 20.0. The van der Waals surface area contributed by atoms with E-state index in [2.05, 4.69) is 15.6 Å². The number of hydrogen-bond acceptors (Lipinski definition) is 10. The molecule has 0 radical (unpaired) electrons. The lowest BCUT2D eigenvalue weighted by Gasteiger charge is -2.39. The van der Waals surface area contributed by atoms with E-state index in [1.165, 1.54) is 0 Å². The van der Waals surface area contributed by atoms with Crippen molar-refractivity contribution in [2.75, 3.05) is 59.0 Å². The number of rotatable bonds is 15. The van der Waals surface area contributed by atoms with E-state index < -0.39 is 30.5 Å². The van der Waals surface area contributed by atoms with Crippen molar-refractivity contribution in [1.29, 1.82) is 0 Å². The van der Waals surface area contributed by atoms with Crippen molar-refractivity contribution >= 4 is 24.1 Å². The number of aryl methyl sites for hydroxylation is 1. The Hall–Kier alpha value is -5.19. The quantitative estimate of drug-likeness (QED) is 0.193. The highest BCUT2D eigenvalue weighted by atomic mass is 16.6. The Labute approximate surface area is 333 Å². The van der Waals surface area contributed by atoms with Gasteiger partial charge in [0.1, 0.15) is 24.9 Å². The second-order valence-corrected chi connectivity index (χ2v) is 14.7. The maximum absolute atomic E-state index is 13.5. The zero-order chi connectivity index (χ0) is 39.8. The molecule has 57 heavy (non-hydrogen) atoms. The molecule has 3 aliphatic heterocycles. The first-order valence-electron chi connectivity index (χ1n) is 20.0. The van der Waals surface area contributed by atoms with Crippen LogP contribution in [0, 0.1) is 5.92 Å². The molecule has 6 rings (SSSR count). The van der Waals surface area contributed by atoms with Gasteiger partial charge in [-0.25, -0.2) is 19.4 Å². The van der Waals surface area contributed by atoms with Crippen LogP contribution < -0.4 is 16.4 Å². The summed E-state index contributed by atoms with van der Waals surface area (Å²) >= 11 is 0. The number of amides is 5. The van der Waals surface area contributed by atoms with E-state index in [4.69, 9.17) is 24.7 Å². The van der Waals surface area contributed by atoms with Crippen LogP contribution in [0.5, 0.6) is 0 Å². The highest BCUT2D eigenvalue weighted by Gasteiger charge is 2.40. The molecule has 0 unspecified atom stereocenters. The molecule has 0 aliphatic carbocycles. The largest absolute Gasteiger partial charge is 0.447 e. The van der Waals surface area contributed by atoms with Crippen LogP contribution in [-0.2, 0) is 50.0 Å². The van der Waals surface area contributed by atoms with Crippen molar-refractivity contribution in [3.8, 4) is 0 Å². The topological polar surface area (TPSA) is 183 Å². The maximum Gasteiger partial charge on any atom is 0.410 e. The number of carbonyl (C=O) groups is 4. The van der Waals surface area contributed by atoms with Crippen LogP contribution in [0.2, 0.25) is 0 Å². The van der Waals surface area contributed by atoms with Crippen LogP contribution in [0.25, 0.3) is 0 Å². The number of unbranched alkanes of at least 4 members (excludes halogenated alkanes) is 1. The summed E-state index contributed by atoms with van der Waals surface area (Å²) in [5.74, 6) is -0.130. The highest BCUT2D eigenvalue weighted by Crippen LogP contribution is 2.25. The van der Waals surface area contributed by atoms with E-state index in [1.807, 2.05) is 65.4 Å². The number of urea groups is 1. The molecule has 2 aromatic carbocycles. The van der Waals surface area contributed by atoms with Crippen LogP contribution in [0.4, 0.5) is 14.4 Å². The number of ether oxygens (including phenoxy) is 4. The molecule has 3 saturated heterocycles. The fourth-order valence-corrected chi connectivity index (χ4v) is 7.23. The molecule has 3 fully saturated rings. The van der Waals surface area contributed by atoms with E-state index in [9.17, 15) is 19.2 Å². The number of nitrogens with zero attached hydrogens (tertiary/aromatic N) is 5. The van der Waals surface area contributed by atoms with Crippen molar-refractivity contribution < 1.29 is 38.1 Å². The molecule has 308 valence electrons. The number of benzene rings is 2. The molecule has 16 heteroatoms. The number of piperazine rings is 1. The molecule has 3 aliphatic rings. The summed E-state index contributed by atoms with van der Waals surface area (Å²) in [4.78, 5) is 61.3. The van der Waals surface area contributed by atoms with Crippen molar-refractivity contribution in [3.63, 3.8) is 0 Å². The van der Waals surface area contributed by atoms with Gasteiger partial charge in [-0.3, -0.25) is 4.79 Å². The van der Waals surface area contributed by atoms with E-state index in [0.717, 1.165) is 36.1 Å². The summed E-state index contributed by atoms with van der Waals surface area (Å²) in [5, 5.41) is 5.99. The molecule has 4 heterocycles. The van der Waals surface area contributed by atoms with Gasteiger partial charge < -0.3 is 54.6 Å². The van der Waals surface area contributed by atoms with Gasteiger partial charge in [0.05, 0.1) is 19.5 Å². The Kier molecular flexibility index (Phi) is 15.5. The average molecular weight is 789 g/mol. The fraction of sp³-hybridized carbons (Fsp3) is 0.537. The zero-order valence-electron chi connectivity index (χ0n) is 32.5. The van der Waals surface area contributed by atoms with Crippen LogP contribution in [0.1, 0.15) is 48.8 Å². The monoisotopic (exact) mass is 788 g/mol. The molecular formula is C41H56N8O8. The van der Waals surface area contributed by atoms with Crippen molar-refractivity contribution in [1.82, 2.24) is 34.9 Å². The minimum Gasteiger partial charge on any atom is -0.447 e. The zero-order valence-corrected chi connectivity index (χ0v) is 32.5. The summed E-state index contributed by atoms with van der Waals surface area (Å²) in [7, 11) is 0. The van der Waals surface area contributed by atoms with Gasteiger partial charge in [-0.1, -0.05) is 54.6 Å². The van der Waals surface area contributed by atoms with Crippen LogP contribution in [0.3, 0.4) is 0 Å². The molecule has 1 aromatic heterocycles. The Balaban J connectivity index is 0.943. The predicted octanol–water partition coefficient (Wildman–Crippen LogP) is 3.49. The molecule has 3 aromatic rings. The third-order valence-corrected chi connectivity index (χ3v) is 10.7. The number of likely N-dealkylation sites (tertiary alicyclic amines) is 1. The first-order chi connectivity index (χ1) is 27.9. The molecule has 3 atom stereocenters. The molecule has 4 N–H and O–H groups in total. The maximum atomic E-state index is 13.5. The van der Waals surface area contributed by atoms with Gasteiger partial charge in [0, 0.05) is 90.2 Å². The lowest BCUT2D eigenvalue weighted by molar-refractivity contribution is -0.178. The van der Waals surface area contributed by atoms with Crippen LogP contribution in [0.15, 0.2) is 73.3 Å². The van der Waals surface area contributed by atoms with Crippen LogP contribution in [-0.4, -0.2) is 126 Å². The van der Waals surface area contributed by atoms with Crippen molar-refractivity contribution in [2.24, 2.45) is 11.7 Å². The summed E-state index contributed by atoms with van der Waals surface area (Å²) in [6, 6.07) is 17.2. The van der Waals surface area contributed by atoms with Gasteiger partial charge in [-0.15, -0.1) is 0 Å². The van der Waals surface area contributed by atoms with Gasteiger partial charge >= 0.3 is 18.2 Å². The predicted molar refractivity (Wildman–Crippen MR) is 209 cm³/mol. The van der Waals surface area contributed by atoms with E-state index in [-0.39, 0.29) is 31.1 Å². The molecular weight excluding hydrogens is 732 g/mol. The summed E-state index contributed by atoms with van der Waals surface area (Å²) in [5.41, 5.74) is 8.61. The normalized spacial score (nSPS) is 20.2. The van der Waals surface area contributed by atoms with Gasteiger partial charge in [0.2, 0.25) is 5.91 Å². The number of aromatic nitrogens is 2. The minimum absolute atomic E-state index is 0.0219. The number of hydrogen-bond donors (Lipinski definition) is 3. The van der Waals surface area contributed by atoms with Gasteiger partial charge in [0.15, 0.2) is 0 Å². The molecule has 0 spiro atoms. The second-order valence-electron chi connectivity index (χ2n) is 14.7. The second kappa shape index (κ2) is 21.4. The highest BCUT2D eigenvalue weighted by molar-refractivity contribution is 5.79. The van der Waals surface area contributed by atoms with Gasteiger partial charge in [-0.2, -0.15) is 0 Å². The molecule has 0 bridgehead atoms. The lowest BCUT2D eigenvalue weighted by Crippen LogP contribution is -2.55. The molecule has 0 saturated carbocycles. The van der Waals surface area contributed by atoms with Gasteiger partial charge in [0.25, 0.3) is 0 Å². The molecule has 16 nitrogen and oxygen atoms in total. The Morgan fingerprint density at radius 1 is 0.807 bits per heavy atom. The smallest absolute Gasteiger partial charge is 0.410 e. The Bertz CT molecular complexity index is 1700. The number of nitrogens with one attached hydrogen (secondary N) is 2. The minimum atomic E-state index is -0.698. The summed E-state index contributed by atoms with van der Waals surface area (Å²) in [6.45, 7) is 4.98. The molecule has 5 amide bonds. The van der Waals surface area contributed by atoms with Crippen molar-refractivity contribution in [3.05, 3.63) is 90.0 Å². The van der Waals surface area contributed by atoms with E-state index in [0.29, 0.717) is 84.8 Å². The number of imidazole rings is 1. The summed E-state index contributed by atoms with van der Waals surface area (Å²) in [6.07, 6.45) is 5.81. The fourth-order valence-electron chi connectivity index (χ4n) is 7.23. The van der Waals surface area contributed by atoms with E-state index in [1.54, 1.807) is 27.2 Å². The standard InChI is InChI=1S/C41H56N8O8/c42-26-31-8-10-32(11-9-31)27-45-39(51)47-21-23-49(24-22-47)41(53)57-35-14-25-54-36(37(35)55-28-33-6-2-1-3-7-33)29-56-40(52)48-18-12-34(13-19-48)38(50)44-15-4-5-17-46-20-16-43-30-46/h1-3,6-11,16,20,30,34-37H,4-5,12-15,17-19,21-29,42H2,(H,44,50)(H,45,51)/t35-,36-,37+/m1/s1.